The second kappa shape index (κ2) is 8.26. The number of benzene rings is 3. The van der Waals surface area contributed by atoms with Crippen LogP contribution in [0, 0.1) is 6.92 Å². The maximum atomic E-state index is 13.6. The van der Waals surface area contributed by atoms with E-state index in [4.69, 9.17) is 16.0 Å². The lowest BCUT2D eigenvalue weighted by Gasteiger charge is -2.23. The number of hydrogen-bond donors (Lipinski definition) is 0. The Kier molecular flexibility index (Phi) is 5.62. The normalized spacial score (nSPS) is 11.5. The largest absolute Gasteiger partial charge is 0.461 e. The molecule has 0 N–H and O–H groups in total. The Morgan fingerprint density at radius 2 is 1.59 bits per heavy atom. The highest BCUT2D eigenvalue weighted by molar-refractivity contribution is 7.93. The van der Waals surface area contributed by atoms with Gasteiger partial charge >= 0.3 is 0 Å². The topological polar surface area (TPSA) is 84.7 Å². The minimum Gasteiger partial charge on any atom is -0.461 e. The van der Waals surface area contributed by atoms with Gasteiger partial charge in [-0.2, -0.15) is 4.31 Å². The molecule has 1 aromatic heterocycles. The zero-order chi connectivity index (χ0) is 23.0. The highest BCUT2D eigenvalue weighted by Gasteiger charge is 2.33. The molecule has 6 nitrogen and oxygen atoms in total. The Labute approximate surface area is 190 Å². The number of Topliss-reactive ketones (excluding diaryl/α,β-unsaturated/α-hetero) is 1. The van der Waals surface area contributed by atoms with Gasteiger partial charge < -0.3 is 4.42 Å². The average Bonchev–Trinajstić information content (AvgIpc) is 3.10. The molecule has 3 aromatic carbocycles. The molecule has 4 aromatic rings. The molecule has 1 heterocycles. The van der Waals surface area contributed by atoms with E-state index in [2.05, 4.69) is 0 Å². The number of carbonyl (C=O) groups is 2. The number of fused-ring (bicyclic) bond motifs is 1. The summed E-state index contributed by atoms with van der Waals surface area (Å²) in [5.41, 5.74) is 0.848. The predicted octanol–water partition coefficient (Wildman–Crippen LogP) is 5.63. The second-order valence-corrected chi connectivity index (χ2v) is 9.33. The van der Waals surface area contributed by atoms with Gasteiger partial charge in [-0.1, -0.05) is 41.9 Å². The van der Waals surface area contributed by atoms with Gasteiger partial charge in [0.25, 0.3) is 15.9 Å². The van der Waals surface area contributed by atoms with Gasteiger partial charge in [0.1, 0.15) is 11.3 Å². The third-order valence-corrected chi connectivity index (χ3v) is 7.06. The van der Waals surface area contributed by atoms with Gasteiger partial charge in [-0.15, -0.1) is 0 Å². The molecule has 0 saturated carbocycles. The SMILES string of the molecule is CC(=O)c1c(C)oc2ccc(N(C(=O)c3ccccc3Cl)S(=O)(=O)c3ccccc3)cc12. The fourth-order valence-corrected chi connectivity index (χ4v) is 5.22. The number of hydrogen-bond acceptors (Lipinski definition) is 5. The number of ketones is 1. The van der Waals surface area contributed by atoms with E-state index in [-0.39, 0.29) is 27.0 Å². The van der Waals surface area contributed by atoms with E-state index in [0.29, 0.717) is 26.6 Å². The minimum absolute atomic E-state index is 0.0314. The third kappa shape index (κ3) is 3.70. The Bertz CT molecular complexity index is 1460. The fourth-order valence-electron chi connectivity index (χ4n) is 3.58. The first-order valence-electron chi connectivity index (χ1n) is 9.65. The molecule has 0 spiro atoms. The Balaban J connectivity index is 1.98. The summed E-state index contributed by atoms with van der Waals surface area (Å²) in [6, 6.07) is 18.3. The Morgan fingerprint density at radius 3 is 2.25 bits per heavy atom. The van der Waals surface area contributed by atoms with Crippen molar-refractivity contribution in [3.63, 3.8) is 0 Å². The van der Waals surface area contributed by atoms with Crippen LogP contribution in [-0.4, -0.2) is 20.1 Å². The first-order chi connectivity index (χ1) is 15.2. The Morgan fingerprint density at radius 1 is 0.938 bits per heavy atom. The number of furan rings is 1. The Hall–Kier alpha value is -3.42. The van der Waals surface area contributed by atoms with Crippen LogP contribution in [0.15, 0.2) is 82.1 Å². The summed E-state index contributed by atoms with van der Waals surface area (Å²) in [5, 5.41) is 0.545. The van der Waals surface area contributed by atoms with Gasteiger partial charge in [0, 0.05) is 5.39 Å². The van der Waals surface area contributed by atoms with Crippen LogP contribution < -0.4 is 4.31 Å². The molecule has 0 aliphatic heterocycles. The van der Waals surface area contributed by atoms with Crippen LogP contribution in [0.3, 0.4) is 0 Å². The summed E-state index contributed by atoms with van der Waals surface area (Å²) in [6.07, 6.45) is 0. The molecular weight excluding hydrogens is 450 g/mol. The lowest BCUT2D eigenvalue weighted by molar-refractivity contribution is 0.100. The molecule has 0 saturated heterocycles. The highest BCUT2D eigenvalue weighted by Crippen LogP contribution is 2.33. The van der Waals surface area contributed by atoms with Crippen molar-refractivity contribution in [3.05, 3.63) is 94.7 Å². The number of halogens is 1. The average molecular weight is 468 g/mol. The van der Waals surface area contributed by atoms with Crippen LogP contribution in [0.1, 0.15) is 33.4 Å². The smallest absolute Gasteiger partial charge is 0.273 e. The summed E-state index contributed by atoms with van der Waals surface area (Å²) in [7, 11) is -4.30. The summed E-state index contributed by atoms with van der Waals surface area (Å²) >= 11 is 6.21. The first kappa shape index (κ1) is 21.8. The maximum absolute atomic E-state index is 13.6. The van der Waals surface area contributed by atoms with Crippen molar-refractivity contribution >= 4 is 50.0 Å². The summed E-state index contributed by atoms with van der Waals surface area (Å²) in [5.74, 6) is -0.628. The van der Waals surface area contributed by atoms with Gasteiger partial charge in [0.15, 0.2) is 5.78 Å². The van der Waals surface area contributed by atoms with E-state index >= 15 is 0 Å². The van der Waals surface area contributed by atoms with Crippen LogP contribution in [0.5, 0.6) is 0 Å². The zero-order valence-electron chi connectivity index (χ0n) is 17.2. The predicted molar refractivity (Wildman–Crippen MR) is 123 cm³/mol. The van der Waals surface area contributed by atoms with E-state index in [0.717, 1.165) is 0 Å². The van der Waals surface area contributed by atoms with Crippen molar-refractivity contribution in [1.82, 2.24) is 0 Å². The van der Waals surface area contributed by atoms with Gasteiger partial charge in [-0.3, -0.25) is 9.59 Å². The van der Waals surface area contributed by atoms with Crippen molar-refractivity contribution in [2.45, 2.75) is 18.7 Å². The molecule has 0 bridgehead atoms. The third-order valence-electron chi connectivity index (χ3n) is 5.00. The van der Waals surface area contributed by atoms with Crippen molar-refractivity contribution in [3.8, 4) is 0 Å². The molecule has 0 fully saturated rings. The van der Waals surface area contributed by atoms with E-state index < -0.39 is 15.9 Å². The van der Waals surface area contributed by atoms with Gasteiger partial charge in [0.2, 0.25) is 0 Å². The van der Waals surface area contributed by atoms with Crippen molar-refractivity contribution < 1.29 is 22.4 Å². The monoisotopic (exact) mass is 467 g/mol. The summed E-state index contributed by atoms with van der Waals surface area (Å²) < 4.78 is 33.5. The lowest BCUT2D eigenvalue weighted by atomic mass is 10.1. The highest BCUT2D eigenvalue weighted by atomic mass is 35.5. The van der Waals surface area contributed by atoms with Crippen molar-refractivity contribution in [2.75, 3.05) is 4.31 Å². The van der Waals surface area contributed by atoms with Crippen molar-refractivity contribution in [1.29, 1.82) is 0 Å². The maximum Gasteiger partial charge on any atom is 0.273 e. The van der Waals surface area contributed by atoms with Gasteiger partial charge in [0.05, 0.1) is 26.7 Å². The molecule has 8 heteroatoms. The number of nitrogens with zero attached hydrogens (tertiary/aromatic N) is 1. The molecule has 0 radical (unpaired) electrons. The molecule has 0 unspecified atom stereocenters. The van der Waals surface area contributed by atoms with E-state index in [1.165, 1.54) is 49.4 Å². The number of aryl methyl sites for hydroxylation is 1. The van der Waals surface area contributed by atoms with Gasteiger partial charge in [-0.25, -0.2) is 8.42 Å². The molecule has 162 valence electrons. The van der Waals surface area contributed by atoms with Crippen LogP contribution in [0.2, 0.25) is 5.02 Å². The standard InChI is InChI=1S/C24H18ClNO5S/c1-15(27)23-16(2)31-22-13-12-17(14-20(22)23)26(24(28)19-10-6-7-11-21(19)25)32(29,30)18-8-4-3-5-9-18/h3-14H,1-2H3. The number of anilines is 1. The molecule has 32 heavy (non-hydrogen) atoms. The zero-order valence-corrected chi connectivity index (χ0v) is 18.8. The van der Waals surface area contributed by atoms with Crippen LogP contribution in [0.4, 0.5) is 5.69 Å². The molecule has 0 aliphatic carbocycles. The van der Waals surface area contributed by atoms with Crippen LogP contribution in [-0.2, 0) is 10.0 Å². The number of sulfonamides is 1. The number of carbonyl (C=O) groups excluding carboxylic acids is 2. The first-order valence-corrected chi connectivity index (χ1v) is 11.5. The quantitative estimate of drug-likeness (QED) is 0.355. The number of amides is 1. The van der Waals surface area contributed by atoms with Crippen LogP contribution >= 0.6 is 11.6 Å². The molecular formula is C24H18ClNO5S. The summed E-state index contributed by atoms with van der Waals surface area (Å²) in [6.45, 7) is 3.06. The van der Waals surface area contributed by atoms with E-state index in [1.54, 1.807) is 37.3 Å². The fraction of sp³-hybridized carbons (Fsp3) is 0.0833. The van der Waals surface area contributed by atoms with E-state index in [9.17, 15) is 18.0 Å². The number of rotatable bonds is 5. The van der Waals surface area contributed by atoms with Crippen LogP contribution in [0.25, 0.3) is 11.0 Å². The minimum atomic E-state index is -4.30. The van der Waals surface area contributed by atoms with Gasteiger partial charge in [-0.05, 0) is 56.3 Å². The van der Waals surface area contributed by atoms with Crippen molar-refractivity contribution in [2.24, 2.45) is 0 Å². The lowest BCUT2D eigenvalue weighted by Crippen LogP contribution is -2.37. The molecule has 0 atom stereocenters. The second-order valence-electron chi connectivity index (χ2n) is 7.14. The molecule has 4 rings (SSSR count). The molecule has 0 aliphatic rings. The van der Waals surface area contributed by atoms with E-state index in [1.807, 2.05) is 0 Å². The summed E-state index contributed by atoms with van der Waals surface area (Å²) in [4.78, 5) is 25.6. The molecule has 1 amide bonds.